The van der Waals surface area contributed by atoms with Gasteiger partial charge in [-0.05, 0) is 12.1 Å². The fourth-order valence-electron chi connectivity index (χ4n) is 1.74. The van der Waals surface area contributed by atoms with Gasteiger partial charge in [0.05, 0.1) is 24.3 Å². The lowest BCUT2D eigenvalue weighted by molar-refractivity contribution is 0.0609. The summed E-state index contributed by atoms with van der Waals surface area (Å²) >= 11 is 0. The van der Waals surface area contributed by atoms with E-state index >= 15 is 0 Å². The SMILES string of the molecule is COCCN(CCOC)C(=O)c1ccccc1C(=O)O. The molecule has 6 nitrogen and oxygen atoms in total. The molecular formula is C14H19NO5. The van der Waals surface area contributed by atoms with Crippen molar-refractivity contribution in [1.29, 1.82) is 0 Å². The van der Waals surface area contributed by atoms with E-state index in [1.807, 2.05) is 0 Å². The summed E-state index contributed by atoms with van der Waals surface area (Å²) in [4.78, 5) is 25.1. The molecule has 0 spiro atoms. The molecule has 0 saturated carbocycles. The van der Waals surface area contributed by atoms with Gasteiger partial charge >= 0.3 is 5.97 Å². The Kier molecular flexibility index (Phi) is 6.69. The predicted molar refractivity (Wildman–Crippen MR) is 73.1 cm³/mol. The second-order valence-electron chi connectivity index (χ2n) is 4.13. The van der Waals surface area contributed by atoms with E-state index in [1.165, 1.54) is 17.0 Å². The molecule has 1 aromatic rings. The number of hydrogen-bond acceptors (Lipinski definition) is 4. The van der Waals surface area contributed by atoms with Gasteiger partial charge in [-0.25, -0.2) is 4.79 Å². The van der Waals surface area contributed by atoms with E-state index in [1.54, 1.807) is 26.4 Å². The van der Waals surface area contributed by atoms with Crippen molar-refractivity contribution in [2.24, 2.45) is 0 Å². The number of ether oxygens (including phenoxy) is 2. The molecule has 0 aliphatic heterocycles. The van der Waals surface area contributed by atoms with Crippen LogP contribution in [0.4, 0.5) is 0 Å². The minimum atomic E-state index is -1.12. The molecule has 1 N–H and O–H groups in total. The van der Waals surface area contributed by atoms with Gasteiger partial charge in [-0.2, -0.15) is 0 Å². The molecule has 0 aromatic heterocycles. The monoisotopic (exact) mass is 281 g/mol. The summed E-state index contributed by atoms with van der Waals surface area (Å²) in [6.07, 6.45) is 0. The van der Waals surface area contributed by atoms with Crippen LogP contribution >= 0.6 is 0 Å². The molecule has 1 aromatic carbocycles. The Morgan fingerprint density at radius 2 is 1.55 bits per heavy atom. The fraction of sp³-hybridized carbons (Fsp3) is 0.429. The second-order valence-corrected chi connectivity index (χ2v) is 4.13. The summed E-state index contributed by atoms with van der Waals surface area (Å²) in [7, 11) is 3.09. The molecule has 0 saturated heterocycles. The zero-order chi connectivity index (χ0) is 15.0. The Morgan fingerprint density at radius 3 is 2.00 bits per heavy atom. The number of benzene rings is 1. The van der Waals surface area contributed by atoms with E-state index in [-0.39, 0.29) is 17.0 Å². The number of nitrogens with zero attached hydrogens (tertiary/aromatic N) is 1. The number of carboxylic acids is 1. The van der Waals surface area contributed by atoms with E-state index < -0.39 is 5.97 Å². The summed E-state index contributed by atoms with van der Waals surface area (Å²) < 4.78 is 9.93. The van der Waals surface area contributed by atoms with Crippen molar-refractivity contribution < 1.29 is 24.2 Å². The van der Waals surface area contributed by atoms with Crippen molar-refractivity contribution in [3.63, 3.8) is 0 Å². The maximum Gasteiger partial charge on any atom is 0.336 e. The zero-order valence-electron chi connectivity index (χ0n) is 11.7. The first-order chi connectivity index (χ1) is 9.61. The van der Waals surface area contributed by atoms with Crippen LogP contribution in [0.2, 0.25) is 0 Å². The van der Waals surface area contributed by atoms with E-state index in [0.717, 1.165) is 0 Å². The van der Waals surface area contributed by atoms with Crippen molar-refractivity contribution in [3.8, 4) is 0 Å². The summed E-state index contributed by atoms with van der Waals surface area (Å²) in [6.45, 7) is 1.52. The standard InChI is InChI=1S/C14H19NO5/c1-19-9-7-15(8-10-20-2)13(16)11-5-3-4-6-12(11)14(17)18/h3-6H,7-10H2,1-2H3,(H,17,18). The first-order valence-corrected chi connectivity index (χ1v) is 6.21. The van der Waals surface area contributed by atoms with Crippen molar-refractivity contribution >= 4 is 11.9 Å². The lowest BCUT2D eigenvalue weighted by Crippen LogP contribution is -2.37. The van der Waals surface area contributed by atoms with Crippen molar-refractivity contribution in [2.75, 3.05) is 40.5 Å². The normalized spacial score (nSPS) is 10.3. The smallest absolute Gasteiger partial charge is 0.336 e. The molecule has 1 amide bonds. The minimum Gasteiger partial charge on any atom is -0.478 e. The summed E-state index contributed by atoms with van der Waals surface area (Å²) in [5.41, 5.74) is 0.171. The van der Waals surface area contributed by atoms with Gasteiger partial charge in [-0.1, -0.05) is 12.1 Å². The number of amides is 1. The minimum absolute atomic E-state index is 0.00247. The Balaban J connectivity index is 2.95. The first kappa shape index (κ1) is 16.1. The van der Waals surface area contributed by atoms with Crippen LogP contribution in [0.3, 0.4) is 0 Å². The van der Waals surface area contributed by atoms with Crippen LogP contribution in [-0.2, 0) is 9.47 Å². The fourth-order valence-corrected chi connectivity index (χ4v) is 1.74. The van der Waals surface area contributed by atoms with E-state index in [0.29, 0.717) is 26.3 Å². The topological polar surface area (TPSA) is 76.1 Å². The van der Waals surface area contributed by atoms with Crippen LogP contribution in [0.5, 0.6) is 0 Å². The maximum atomic E-state index is 12.4. The molecule has 1 rings (SSSR count). The molecule has 0 unspecified atom stereocenters. The highest BCUT2D eigenvalue weighted by atomic mass is 16.5. The average molecular weight is 281 g/mol. The molecule has 0 atom stereocenters. The highest BCUT2D eigenvalue weighted by Crippen LogP contribution is 2.12. The summed E-state index contributed by atoms with van der Waals surface area (Å²) in [5, 5.41) is 9.13. The van der Waals surface area contributed by atoms with Crippen molar-refractivity contribution in [3.05, 3.63) is 35.4 Å². The number of rotatable bonds is 8. The zero-order valence-corrected chi connectivity index (χ0v) is 11.7. The Hall–Kier alpha value is -1.92. The van der Waals surface area contributed by atoms with Crippen LogP contribution in [-0.4, -0.2) is 62.4 Å². The van der Waals surface area contributed by atoms with Gasteiger partial charge in [0.15, 0.2) is 0 Å². The van der Waals surface area contributed by atoms with Gasteiger partial charge in [0, 0.05) is 27.3 Å². The maximum absolute atomic E-state index is 12.4. The lowest BCUT2D eigenvalue weighted by Gasteiger charge is -2.22. The third-order valence-electron chi connectivity index (χ3n) is 2.81. The second kappa shape index (κ2) is 8.29. The van der Waals surface area contributed by atoms with E-state index in [4.69, 9.17) is 14.6 Å². The Morgan fingerprint density at radius 1 is 1.05 bits per heavy atom. The molecule has 20 heavy (non-hydrogen) atoms. The lowest BCUT2D eigenvalue weighted by atomic mass is 10.1. The third kappa shape index (κ3) is 4.32. The molecule has 0 aliphatic carbocycles. The highest BCUT2D eigenvalue weighted by Gasteiger charge is 2.21. The van der Waals surface area contributed by atoms with Crippen LogP contribution in [0.15, 0.2) is 24.3 Å². The predicted octanol–water partition coefficient (Wildman–Crippen LogP) is 1.12. The number of aromatic carboxylic acids is 1. The van der Waals surface area contributed by atoms with Crippen molar-refractivity contribution in [1.82, 2.24) is 4.90 Å². The molecule has 110 valence electrons. The van der Waals surface area contributed by atoms with Gasteiger partial charge in [0.1, 0.15) is 0 Å². The van der Waals surface area contributed by atoms with Crippen LogP contribution < -0.4 is 0 Å². The molecule has 0 aliphatic rings. The van der Waals surface area contributed by atoms with Gasteiger partial charge in [-0.15, -0.1) is 0 Å². The molecular weight excluding hydrogens is 262 g/mol. The number of carbonyl (C=O) groups is 2. The van der Waals surface area contributed by atoms with E-state index in [9.17, 15) is 9.59 Å². The highest BCUT2D eigenvalue weighted by molar-refractivity contribution is 6.04. The summed E-state index contributed by atoms with van der Waals surface area (Å²) in [6, 6.07) is 6.16. The number of hydrogen-bond donors (Lipinski definition) is 1. The van der Waals surface area contributed by atoms with Gasteiger partial charge < -0.3 is 19.5 Å². The molecule has 6 heteroatoms. The molecule has 0 heterocycles. The van der Waals surface area contributed by atoms with Crippen molar-refractivity contribution in [2.45, 2.75) is 0 Å². The quantitative estimate of drug-likeness (QED) is 0.772. The summed E-state index contributed by atoms with van der Waals surface area (Å²) in [5.74, 6) is -1.45. The number of carbonyl (C=O) groups excluding carboxylic acids is 1. The first-order valence-electron chi connectivity index (χ1n) is 6.21. The van der Waals surface area contributed by atoms with Crippen LogP contribution in [0, 0.1) is 0 Å². The van der Waals surface area contributed by atoms with Gasteiger partial charge in [0.2, 0.25) is 0 Å². The third-order valence-corrected chi connectivity index (χ3v) is 2.81. The Bertz CT molecular complexity index is 453. The van der Waals surface area contributed by atoms with Crippen LogP contribution in [0.1, 0.15) is 20.7 Å². The van der Waals surface area contributed by atoms with Gasteiger partial charge in [-0.3, -0.25) is 4.79 Å². The molecule has 0 radical (unpaired) electrons. The Labute approximate surface area is 117 Å². The molecule has 0 fully saturated rings. The number of carboxylic acid groups (broad SMARTS) is 1. The van der Waals surface area contributed by atoms with Gasteiger partial charge in [0.25, 0.3) is 5.91 Å². The largest absolute Gasteiger partial charge is 0.478 e. The van der Waals surface area contributed by atoms with Crippen LogP contribution in [0.25, 0.3) is 0 Å². The average Bonchev–Trinajstić information content (AvgIpc) is 2.46. The molecule has 0 bridgehead atoms. The van der Waals surface area contributed by atoms with E-state index in [2.05, 4.69) is 0 Å². The number of methoxy groups -OCH3 is 2.